The van der Waals surface area contributed by atoms with Crippen molar-refractivity contribution in [1.82, 2.24) is 10.4 Å². The Morgan fingerprint density at radius 2 is 1.90 bits per heavy atom. The summed E-state index contributed by atoms with van der Waals surface area (Å²) in [5, 5.41) is 6.81. The number of rotatable bonds is 5. The minimum atomic E-state index is -0.387. The van der Waals surface area contributed by atoms with E-state index in [1.807, 2.05) is 25.1 Å². The van der Waals surface area contributed by atoms with Gasteiger partial charge in [-0.05, 0) is 24.6 Å². The average Bonchev–Trinajstić information content (AvgIpc) is 2.52. The highest BCUT2D eigenvalue weighted by Crippen LogP contribution is 2.03. The number of hydrogen-bond donors (Lipinski definition) is 1. The molecule has 1 aromatic carbocycles. The normalized spacial score (nSPS) is 11.0. The number of hydrazone groups is 1. The van der Waals surface area contributed by atoms with Crippen LogP contribution in [0.1, 0.15) is 21.6 Å². The number of nitroso groups, excluding NO2 is 1. The maximum absolute atomic E-state index is 11.9. The maximum Gasteiger partial charge on any atom is 0.272 e. The quantitative estimate of drug-likeness (QED) is 0.519. The van der Waals surface area contributed by atoms with Gasteiger partial charge in [0.05, 0.1) is 11.3 Å². The summed E-state index contributed by atoms with van der Waals surface area (Å²) in [4.78, 5) is 26.5. The van der Waals surface area contributed by atoms with Crippen molar-refractivity contribution in [3.63, 3.8) is 0 Å². The molecule has 0 aliphatic rings. The van der Waals surface area contributed by atoms with Crippen LogP contribution in [0.4, 0.5) is 0 Å². The molecule has 1 N–H and O–H groups in total. The van der Waals surface area contributed by atoms with Crippen LogP contribution >= 0.6 is 0 Å². The van der Waals surface area contributed by atoms with Crippen LogP contribution in [0.25, 0.3) is 0 Å². The largest absolute Gasteiger partial charge is 0.272 e. The van der Waals surface area contributed by atoms with Crippen molar-refractivity contribution < 1.29 is 4.79 Å². The molecule has 1 amide bonds. The molecule has 2 rings (SSSR count). The summed E-state index contributed by atoms with van der Waals surface area (Å²) < 4.78 is 0. The minimum Gasteiger partial charge on any atom is -0.267 e. The summed E-state index contributed by atoms with van der Waals surface area (Å²) in [6, 6.07) is 12.5. The van der Waals surface area contributed by atoms with Gasteiger partial charge >= 0.3 is 0 Å². The molecule has 0 saturated heterocycles. The number of hydrogen-bond acceptors (Lipinski definition) is 5. The van der Waals surface area contributed by atoms with E-state index in [-0.39, 0.29) is 12.5 Å². The topological polar surface area (TPSA) is 83.8 Å². The molecule has 0 aliphatic carbocycles. The number of carbonyl (C=O) groups excluding carboxylic acids is 1. The minimum absolute atomic E-state index is 0.115. The molecule has 0 saturated carbocycles. The molecule has 1 aromatic heterocycles. The first-order valence-corrected chi connectivity index (χ1v) is 6.35. The summed E-state index contributed by atoms with van der Waals surface area (Å²) in [6.45, 7) is 1.72. The van der Waals surface area contributed by atoms with E-state index in [1.54, 1.807) is 24.3 Å². The smallest absolute Gasteiger partial charge is 0.267 e. The van der Waals surface area contributed by atoms with Crippen molar-refractivity contribution >= 4 is 11.6 Å². The van der Waals surface area contributed by atoms with E-state index in [0.29, 0.717) is 11.3 Å². The van der Waals surface area contributed by atoms with Crippen molar-refractivity contribution in [3.05, 3.63) is 70.4 Å². The molecule has 2 aromatic rings. The van der Waals surface area contributed by atoms with Crippen molar-refractivity contribution in [2.75, 3.05) is 6.54 Å². The fraction of sp³-hybridized carbons (Fsp3) is 0.133. The molecule has 6 heteroatoms. The van der Waals surface area contributed by atoms with E-state index in [2.05, 4.69) is 20.7 Å². The lowest BCUT2D eigenvalue weighted by molar-refractivity contribution is 0.0954. The van der Waals surface area contributed by atoms with Gasteiger partial charge in [-0.3, -0.25) is 9.78 Å². The van der Waals surface area contributed by atoms with Crippen LogP contribution in [0.2, 0.25) is 0 Å². The molecule has 0 spiro atoms. The van der Waals surface area contributed by atoms with Gasteiger partial charge in [0.1, 0.15) is 6.54 Å². The van der Waals surface area contributed by atoms with Gasteiger partial charge in [-0.25, -0.2) is 5.43 Å². The molecule has 0 bridgehead atoms. The Bertz CT molecular complexity index is 651. The highest BCUT2D eigenvalue weighted by molar-refractivity contribution is 6.03. The van der Waals surface area contributed by atoms with E-state index in [0.717, 1.165) is 11.3 Å². The Morgan fingerprint density at radius 1 is 1.14 bits per heavy atom. The summed E-state index contributed by atoms with van der Waals surface area (Å²) in [6.07, 6.45) is 1.47. The molecular formula is C15H14N4O2. The molecule has 6 nitrogen and oxygen atoms in total. The number of nitrogens with one attached hydrogen (secondary N) is 1. The Balaban J connectivity index is 2.14. The fourth-order valence-electron chi connectivity index (χ4n) is 1.67. The Hall–Kier alpha value is -2.89. The lowest BCUT2D eigenvalue weighted by Gasteiger charge is -2.04. The van der Waals surface area contributed by atoms with Crippen LogP contribution in [0.3, 0.4) is 0 Å². The van der Waals surface area contributed by atoms with Crippen molar-refractivity contribution in [1.29, 1.82) is 0 Å². The van der Waals surface area contributed by atoms with Crippen LogP contribution in [0.5, 0.6) is 0 Å². The fourth-order valence-corrected chi connectivity index (χ4v) is 1.67. The van der Waals surface area contributed by atoms with Crippen LogP contribution in [0, 0.1) is 11.8 Å². The first kappa shape index (κ1) is 14.5. The summed E-state index contributed by atoms with van der Waals surface area (Å²) in [7, 11) is 0. The van der Waals surface area contributed by atoms with Crippen molar-refractivity contribution in [2.24, 2.45) is 10.3 Å². The molecule has 0 atom stereocenters. The van der Waals surface area contributed by atoms with Crippen LogP contribution in [-0.4, -0.2) is 23.1 Å². The summed E-state index contributed by atoms with van der Waals surface area (Å²) >= 11 is 0. The summed E-state index contributed by atoms with van der Waals surface area (Å²) in [5.41, 5.74) is 4.77. The number of nitrogens with zero attached hydrogens (tertiary/aromatic N) is 3. The third-order valence-corrected chi connectivity index (χ3v) is 2.79. The van der Waals surface area contributed by atoms with E-state index in [1.165, 1.54) is 6.20 Å². The molecule has 0 unspecified atom stereocenters. The van der Waals surface area contributed by atoms with Gasteiger partial charge < -0.3 is 0 Å². The molecule has 21 heavy (non-hydrogen) atoms. The SMILES string of the molecule is Cc1ccc(C(=O)NN=C(CN=O)c2ccccc2)cn1. The van der Waals surface area contributed by atoms with Gasteiger partial charge in [0.15, 0.2) is 0 Å². The predicted molar refractivity (Wildman–Crippen MR) is 80.1 cm³/mol. The van der Waals surface area contributed by atoms with Crippen LogP contribution in [-0.2, 0) is 0 Å². The zero-order valence-corrected chi connectivity index (χ0v) is 11.5. The molecule has 0 aliphatic heterocycles. The first-order valence-electron chi connectivity index (χ1n) is 6.35. The monoisotopic (exact) mass is 282 g/mol. The molecular weight excluding hydrogens is 268 g/mol. The lowest BCUT2D eigenvalue weighted by Crippen LogP contribution is -2.21. The first-order chi connectivity index (χ1) is 10.2. The van der Waals surface area contributed by atoms with Crippen molar-refractivity contribution in [3.8, 4) is 0 Å². The second-order valence-corrected chi connectivity index (χ2v) is 4.34. The lowest BCUT2D eigenvalue weighted by atomic mass is 10.1. The van der Waals surface area contributed by atoms with Gasteiger partial charge in [0, 0.05) is 11.9 Å². The second kappa shape index (κ2) is 7.04. The molecule has 0 fully saturated rings. The molecule has 0 radical (unpaired) electrons. The van der Waals surface area contributed by atoms with Gasteiger partial charge in [-0.1, -0.05) is 35.5 Å². The Kier molecular flexibility index (Phi) is 4.87. The predicted octanol–water partition coefficient (Wildman–Crippen LogP) is 2.29. The number of aromatic nitrogens is 1. The summed E-state index contributed by atoms with van der Waals surface area (Å²) in [5.74, 6) is -0.387. The molecule has 1 heterocycles. The van der Waals surface area contributed by atoms with Crippen LogP contribution in [0.15, 0.2) is 58.9 Å². The zero-order valence-electron chi connectivity index (χ0n) is 11.5. The third kappa shape index (κ3) is 4.04. The number of aryl methyl sites for hydroxylation is 1. The second-order valence-electron chi connectivity index (χ2n) is 4.34. The van der Waals surface area contributed by atoms with E-state index in [9.17, 15) is 9.70 Å². The highest BCUT2D eigenvalue weighted by atomic mass is 16.3. The molecule has 106 valence electrons. The van der Waals surface area contributed by atoms with Crippen LogP contribution < -0.4 is 5.43 Å². The Morgan fingerprint density at radius 3 is 2.52 bits per heavy atom. The maximum atomic E-state index is 11.9. The number of carbonyl (C=O) groups is 1. The van der Waals surface area contributed by atoms with E-state index in [4.69, 9.17) is 0 Å². The van der Waals surface area contributed by atoms with Gasteiger partial charge in [0.2, 0.25) is 0 Å². The zero-order chi connectivity index (χ0) is 15.1. The number of amides is 1. The third-order valence-electron chi connectivity index (χ3n) is 2.79. The average molecular weight is 282 g/mol. The standard InChI is InChI=1S/C15H14N4O2/c1-11-7-8-13(9-16-11)15(20)19-18-14(10-17-21)12-5-3-2-4-6-12/h2-9H,10H2,1H3,(H,19,20). The highest BCUT2D eigenvalue weighted by Gasteiger charge is 2.07. The van der Waals surface area contributed by atoms with Gasteiger partial charge in [-0.2, -0.15) is 10.0 Å². The van der Waals surface area contributed by atoms with Gasteiger partial charge in [-0.15, -0.1) is 0 Å². The van der Waals surface area contributed by atoms with Gasteiger partial charge in [0.25, 0.3) is 5.91 Å². The Labute approximate surface area is 121 Å². The van der Waals surface area contributed by atoms with E-state index >= 15 is 0 Å². The van der Waals surface area contributed by atoms with E-state index < -0.39 is 0 Å². The number of pyridine rings is 1. The number of benzene rings is 1. The van der Waals surface area contributed by atoms with Crippen molar-refractivity contribution in [2.45, 2.75) is 6.92 Å².